The number of allylic oxidation sites excluding steroid dienone is 3. The minimum atomic E-state index is -0.771. The number of carbonyl (C=O) groups excluding carboxylic acids is 3. The van der Waals surface area contributed by atoms with Crippen LogP contribution < -0.4 is 0 Å². The van der Waals surface area contributed by atoms with Gasteiger partial charge in [0.1, 0.15) is 6.10 Å². The monoisotopic (exact) mass is 337 g/mol. The number of aliphatic hydroxyl groups excluding tert-OH is 2. The number of hydrogen-bond acceptors (Lipinski definition) is 6. The third-order valence-electron chi connectivity index (χ3n) is 2.45. The van der Waals surface area contributed by atoms with Crippen molar-refractivity contribution >= 4 is 20.4 Å². The van der Waals surface area contributed by atoms with Crippen molar-refractivity contribution in [1.29, 1.82) is 0 Å². The average molecular weight is 337 g/mol. The normalized spacial score (nSPS) is 14.1. The summed E-state index contributed by atoms with van der Waals surface area (Å²) in [6, 6.07) is 0. The first kappa shape index (κ1) is 28.1. The molecule has 117 valence electrons. The van der Waals surface area contributed by atoms with E-state index in [0.717, 1.165) is 6.42 Å². The van der Waals surface area contributed by atoms with Crippen LogP contribution >= 0.6 is 0 Å². The molecule has 7 heteroatoms. The third kappa shape index (κ3) is 13.6. The van der Waals surface area contributed by atoms with Crippen molar-refractivity contribution in [3.8, 4) is 0 Å². The summed E-state index contributed by atoms with van der Waals surface area (Å²) in [4.78, 5) is 22.5. The van der Waals surface area contributed by atoms with Crippen molar-refractivity contribution < 1.29 is 46.4 Å². The molecular weight excluding hydrogens is 319 g/mol. The maximum absolute atomic E-state index is 9.11. The predicted octanol–water partition coefficient (Wildman–Crippen LogP) is -0.173. The van der Waals surface area contributed by atoms with Gasteiger partial charge in [0.2, 0.25) is 0 Å². The predicted molar refractivity (Wildman–Crippen MR) is 72.0 cm³/mol. The minimum Gasteiger partial charge on any atom is -0.394 e. The second-order valence-electron chi connectivity index (χ2n) is 3.63. The van der Waals surface area contributed by atoms with Crippen molar-refractivity contribution in [1.82, 2.24) is 0 Å². The molecule has 0 aliphatic heterocycles. The van der Waals surface area contributed by atoms with Crippen LogP contribution in [-0.4, -0.2) is 56.0 Å². The Bertz CT molecular complexity index is 288. The zero-order chi connectivity index (χ0) is 16.6. The van der Waals surface area contributed by atoms with E-state index < -0.39 is 6.10 Å². The molecule has 2 N–H and O–H groups in total. The summed E-state index contributed by atoms with van der Waals surface area (Å²) in [5, 5.41) is 17.7. The Kier molecular flexibility index (Phi) is 28.4. The largest absolute Gasteiger partial charge is 0.394 e. The van der Waals surface area contributed by atoms with Gasteiger partial charge in [-0.2, -0.15) is 0 Å². The number of hydrogen-bond donors (Lipinski definition) is 2. The van der Waals surface area contributed by atoms with E-state index in [2.05, 4.69) is 39.4 Å². The molecule has 1 rings (SSSR count). The molecule has 0 aromatic heterocycles. The van der Waals surface area contributed by atoms with Gasteiger partial charge in [0, 0.05) is 17.1 Å². The van der Waals surface area contributed by atoms with Crippen LogP contribution in [0.25, 0.3) is 0 Å². The first-order valence-electron chi connectivity index (χ1n) is 5.53. The Morgan fingerprint density at radius 3 is 2.05 bits per heavy atom. The van der Waals surface area contributed by atoms with Crippen LogP contribution in [0.2, 0.25) is 0 Å². The summed E-state index contributed by atoms with van der Waals surface area (Å²) < 4.78 is 5.44. The molecule has 0 fully saturated rings. The van der Waals surface area contributed by atoms with E-state index in [-0.39, 0.29) is 36.4 Å². The molecular formula is C14H18MnO6. The number of aliphatic hydroxyl groups is 2. The van der Waals surface area contributed by atoms with E-state index in [1.807, 2.05) is 6.92 Å². The zero-order valence-electron chi connectivity index (χ0n) is 11.8. The van der Waals surface area contributed by atoms with Crippen molar-refractivity contribution in [3.05, 3.63) is 23.3 Å². The van der Waals surface area contributed by atoms with E-state index in [4.69, 9.17) is 29.3 Å². The quantitative estimate of drug-likeness (QED) is 0.676. The Balaban J connectivity index is -0.000000183. The van der Waals surface area contributed by atoms with Crippen LogP contribution in [0.15, 0.2) is 23.3 Å². The molecule has 2 atom stereocenters. The van der Waals surface area contributed by atoms with Crippen LogP contribution in [-0.2, 0) is 36.2 Å². The minimum absolute atomic E-state index is 0. The van der Waals surface area contributed by atoms with Crippen molar-refractivity contribution in [3.63, 3.8) is 0 Å². The van der Waals surface area contributed by atoms with E-state index in [1.54, 1.807) is 0 Å². The molecule has 0 spiro atoms. The second-order valence-corrected chi connectivity index (χ2v) is 3.63. The van der Waals surface area contributed by atoms with E-state index in [1.165, 1.54) is 11.1 Å². The van der Waals surface area contributed by atoms with Crippen LogP contribution in [0, 0.1) is 0 Å². The maximum atomic E-state index is 9.11. The summed E-state index contributed by atoms with van der Waals surface area (Å²) in [6.07, 6.45) is 4.37. The fourth-order valence-electron chi connectivity index (χ4n) is 1.53. The van der Waals surface area contributed by atoms with Crippen molar-refractivity contribution in [2.75, 3.05) is 13.2 Å². The van der Waals surface area contributed by atoms with Gasteiger partial charge in [-0.3, -0.25) is 14.4 Å². The molecule has 21 heavy (non-hydrogen) atoms. The fourth-order valence-corrected chi connectivity index (χ4v) is 1.53. The van der Waals surface area contributed by atoms with Gasteiger partial charge in [0.15, 0.2) is 0 Å². The molecule has 0 aromatic carbocycles. The topological polar surface area (TPSA) is 101 Å². The molecule has 0 saturated heterocycles. The Morgan fingerprint density at radius 1 is 1.24 bits per heavy atom. The molecule has 1 aliphatic carbocycles. The first-order chi connectivity index (χ1) is 9.65. The van der Waals surface area contributed by atoms with Crippen LogP contribution in [0.5, 0.6) is 0 Å². The Hall–Kier alpha value is -1.11. The van der Waals surface area contributed by atoms with Gasteiger partial charge in [-0.25, -0.2) is 0 Å². The van der Waals surface area contributed by atoms with Crippen molar-refractivity contribution in [2.24, 2.45) is 0 Å². The maximum Gasteiger partial charge on any atom is 0.281 e. The van der Waals surface area contributed by atoms with Gasteiger partial charge in [-0.15, -0.1) is 0 Å². The molecule has 2 unspecified atom stereocenters. The Morgan fingerprint density at radius 2 is 1.71 bits per heavy atom. The summed E-state index contributed by atoms with van der Waals surface area (Å²) in [5.74, 6) is 0. The number of rotatable bonds is 5. The molecule has 0 heterocycles. The standard InChI is InChI=1S/C11H18O3.3CO.Mn/c1-8-4-3-5-11(8)9(2)14-7-10(13)6-12;3*1-2;/h3-4,9-10,12-13H,5-7H2,1-2H3;;;;. The summed E-state index contributed by atoms with van der Waals surface area (Å²) in [7, 11) is 0. The van der Waals surface area contributed by atoms with Gasteiger partial charge in [-0.05, 0) is 31.4 Å². The van der Waals surface area contributed by atoms with Crippen LogP contribution in [0.3, 0.4) is 0 Å². The van der Waals surface area contributed by atoms with Gasteiger partial charge in [0.05, 0.1) is 19.3 Å². The SMILES string of the molecule is CC1=C(C(C)OCC(O)CO)CC=C1.[C]=O.[C]=O.[C]=O.[Mn]. The average Bonchev–Trinajstić information content (AvgIpc) is 2.96. The second kappa shape index (κ2) is 21.2. The van der Waals surface area contributed by atoms with Gasteiger partial charge in [-0.1, -0.05) is 12.2 Å². The van der Waals surface area contributed by atoms with Crippen LogP contribution in [0.1, 0.15) is 20.3 Å². The molecule has 0 amide bonds. The summed E-state index contributed by atoms with van der Waals surface area (Å²) in [5.41, 5.74) is 2.51. The molecule has 0 aromatic rings. The van der Waals surface area contributed by atoms with E-state index in [9.17, 15) is 0 Å². The van der Waals surface area contributed by atoms with Crippen LogP contribution in [0.4, 0.5) is 0 Å². The van der Waals surface area contributed by atoms with Crippen molar-refractivity contribution in [2.45, 2.75) is 32.5 Å². The molecule has 6 nitrogen and oxygen atoms in total. The third-order valence-corrected chi connectivity index (χ3v) is 2.45. The molecule has 7 radical (unpaired) electrons. The molecule has 1 aliphatic rings. The van der Waals surface area contributed by atoms with E-state index in [0.29, 0.717) is 0 Å². The first-order valence-corrected chi connectivity index (χ1v) is 5.53. The smallest absolute Gasteiger partial charge is 0.281 e. The summed E-state index contributed by atoms with van der Waals surface area (Å²) in [6.45, 7) is 17.5. The fraction of sp³-hybridized carbons (Fsp3) is 0.500. The summed E-state index contributed by atoms with van der Waals surface area (Å²) >= 11 is 0. The molecule has 0 bridgehead atoms. The van der Waals surface area contributed by atoms with Gasteiger partial charge in [0.25, 0.3) is 20.4 Å². The zero-order valence-corrected chi connectivity index (χ0v) is 13.0. The Labute approximate surface area is 136 Å². The molecule has 0 saturated carbocycles. The van der Waals surface area contributed by atoms with Gasteiger partial charge >= 0.3 is 0 Å². The number of ether oxygens (including phenoxy) is 1. The van der Waals surface area contributed by atoms with Gasteiger partial charge < -0.3 is 14.9 Å². The van der Waals surface area contributed by atoms with E-state index >= 15 is 0 Å².